The molecule has 0 saturated heterocycles. The summed E-state index contributed by atoms with van der Waals surface area (Å²) in [5, 5.41) is 10.2. The molecule has 2 heteroatoms. The molecular formula is C16H28O2. The van der Waals surface area contributed by atoms with Crippen LogP contribution in [0.4, 0.5) is 0 Å². The molecule has 0 amide bonds. The minimum Gasteiger partial charge on any atom is -0.391 e. The first-order chi connectivity index (χ1) is 8.55. The molecule has 0 aliphatic heterocycles. The number of rotatable bonds is 5. The Bertz CT molecular complexity index is 262. The lowest BCUT2D eigenvalue weighted by Crippen LogP contribution is -2.47. The van der Waals surface area contributed by atoms with Crippen molar-refractivity contribution in [1.29, 1.82) is 0 Å². The molecule has 0 radical (unpaired) electrons. The van der Waals surface area contributed by atoms with Crippen LogP contribution in [0.2, 0.25) is 0 Å². The summed E-state index contributed by atoms with van der Waals surface area (Å²) in [5.41, 5.74) is 0.481. The second-order valence-corrected chi connectivity index (χ2v) is 7.66. The molecule has 0 heterocycles. The van der Waals surface area contributed by atoms with Gasteiger partial charge >= 0.3 is 0 Å². The van der Waals surface area contributed by atoms with Crippen molar-refractivity contribution >= 4 is 0 Å². The average Bonchev–Trinajstić information content (AvgIpc) is 2.23. The molecule has 4 saturated carbocycles. The number of aliphatic hydroxyl groups excluding tert-OH is 1. The second kappa shape index (κ2) is 4.79. The van der Waals surface area contributed by atoms with Gasteiger partial charge in [-0.3, -0.25) is 0 Å². The molecule has 0 spiro atoms. The van der Waals surface area contributed by atoms with Crippen LogP contribution >= 0.6 is 0 Å². The first kappa shape index (κ1) is 12.9. The van der Waals surface area contributed by atoms with E-state index in [1.165, 1.54) is 38.5 Å². The van der Waals surface area contributed by atoms with Crippen LogP contribution in [0.25, 0.3) is 0 Å². The van der Waals surface area contributed by atoms with Gasteiger partial charge in [0.05, 0.1) is 18.8 Å². The van der Waals surface area contributed by atoms with Gasteiger partial charge in [-0.15, -0.1) is 0 Å². The lowest BCUT2D eigenvalue weighted by Gasteiger charge is -2.57. The molecule has 1 atom stereocenters. The Hall–Kier alpha value is -0.0800. The summed E-state index contributed by atoms with van der Waals surface area (Å²) in [6, 6.07) is 0. The fourth-order valence-corrected chi connectivity index (χ4v) is 5.40. The van der Waals surface area contributed by atoms with Crippen molar-refractivity contribution in [3.8, 4) is 0 Å². The number of aliphatic hydroxyl groups is 1. The number of ether oxygens (including phenoxy) is 1. The molecule has 0 aromatic carbocycles. The predicted molar refractivity (Wildman–Crippen MR) is 72.3 cm³/mol. The fourth-order valence-electron chi connectivity index (χ4n) is 5.40. The minimum atomic E-state index is -0.247. The van der Waals surface area contributed by atoms with Crippen molar-refractivity contribution in [1.82, 2.24) is 0 Å². The Kier molecular flexibility index (Phi) is 3.44. The average molecular weight is 252 g/mol. The van der Waals surface area contributed by atoms with Gasteiger partial charge in [-0.1, -0.05) is 0 Å². The van der Waals surface area contributed by atoms with Gasteiger partial charge < -0.3 is 9.84 Å². The molecule has 18 heavy (non-hydrogen) atoms. The molecule has 0 aromatic rings. The smallest absolute Gasteiger partial charge is 0.0779 e. The molecule has 4 aliphatic rings. The molecule has 2 nitrogen and oxygen atoms in total. The molecule has 0 aromatic heterocycles. The largest absolute Gasteiger partial charge is 0.391 e. The van der Waals surface area contributed by atoms with Crippen molar-refractivity contribution in [2.24, 2.45) is 23.2 Å². The van der Waals surface area contributed by atoms with Gasteiger partial charge in [0.25, 0.3) is 0 Å². The SMILES string of the molecule is CC(C)OCC(O)CC12CC3CC(CC(C3)C1)C2. The summed E-state index contributed by atoms with van der Waals surface area (Å²) in [4.78, 5) is 0. The lowest BCUT2D eigenvalue weighted by molar-refractivity contribution is -0.0900. The van der Waals surface area contributed by atoms with E-state index in [1.807, 2.05) is 13.8 Å². The zero-order valence-electron chi connectivity index (χ0n) is 11.9. The Morgan fingerprint density at radius 3 is 2.00 bits per heavy atom. The van der Waals surface area contributed by atoms with E-state index >= 15 is 0 Å². The standard InChI is InChI=1S/C16H28O2/c1-11(2)18-10-15(17)9-16-6-12-3-13(7-16)5-14(4-12)8-16/h11-15,17H,3-10H2,1-2H3. The Labute approximate surface area is 111 Å². The molecule has 4 aliphatic carbocycles. The number of hydrogen-bond donors (Lipinski definition) is 1. The van der Waals surface area contributed by atoms with Gasteiger partial charge in [-0.05, 0) is 82.0 Å². The highest BCUT2D eigenvalue weighted by atomic mass is 16.5. The molecule has 4 bridgehead atoms. The molecule has 1 unspecified atom stereocenters. The third-order valence-corrected chi connectivity index (χ3v) is 5.46. The summed E-state index contributed by atoms with van der Waals surface area (Å²) in [5.74, 6) is 2.94. The van der Waals surface area contributed by atoms with E-state index in [1.54, 1.807) is 0 Å². The van der Waals surface area contributed by atoms with E-state index in [4.69, 9.17) is 4.74 Å². The lowest BCUT2D eigenvalue weighted by atomic mass is 9.48. The molecule has 104 valence electrons. The van der Waals surface area contributed by atoms with Gasteiger partial charge in [-0.2, -0.15) is 0 Å². The molecule has 4 rings (SSSR count). The van der Waals surface area contributed by atoms with E-state index in [9.17, 15) is 5.11 Å². The van der Waals surface area contributed by atoms with Gasteiger partial charge in [-0.25, -0.2) is 0 Å². The quantitative estimate of drug-likeness (QED) is 0.813. The summed E-state index contributed by atoms with van der Waals surface area (Å²) in [7, 11) is 0. The highest BCUT2D eigenvalue weighted by Crippen LogP contribution is 2.61. The zero-order valence-corrected chi connectivity index (χ0v) is 11.9. The first-order valence-corrected chi connectivity index (χ1v) is 7.84. The van der Waals surface area contributed by atoms with E-state index < -0.39 is 0 Å². The topological polar surface area (TPSA) is 29.5 Å². The Balaban J connectivity index is 1.58. The third kappa shape index (κ3) is 2.60. The molecule has 4 fully saturated rings. The Morgan fingerprint density at radius 1 is 1.06 bits per heavy atom. The van der Waals surface area contributed by atoms with Gasteiger partial charge in [0.15, 0.2) is 0 Å². The van der Waals surface area contributed by atoms with Crippen molar-refractivity contribution in [2.45, 2.75) is 71.0 Å². The summed E-state index contributed by atoms with van der Waals surface area (Å²) >= 11 is 0. The monoisotopic (exact) mass is 252 g/mol. The van der Waals surface area contributed by atoms with Crippen molar-refractivity contribution in [3.05, 3.63) is 0 Å². The van der Waals surface area contributed by atoms with Crippen molar-refractivity contribution in [2.75, 3.05) is 6.61 Å². The van der Waals surface area contributed by atoms with Crippen molar-refractivity contribution in [3.63, 3.8) is 0 Å². The maximum Gasteiger partial charge on any atom is 0.0779 e. The maximum atomic E-state index is 10.2. The predicted octanol–water partition coefficient (Wildman–Crippen LogP) is 3.38. The highest BCUT2D eigenvalue weighted by molar-refractivity contribution is 5.01. The van der Waals surface area contributed by atoms with Gasteiger partial charge in [0.2, 0.25) is 0 Å². The van der Waals surface area contributed by atoms with Gasteiger partial charge in [0, 0.05) is 0 Å². The van der Waals surface area contributed by atoms with Crippen LogP contribution in [-0.4, -0.2) is 23.9 Å². The van der Waals surface area contributed by atoms with Crippen LogP contribution in [0.5, 0.6) is 0 Å². The van der Waals surface area contributed by atoms with E-state index in [0.717, 1.165) is 24.2 Å². The van der Waals surface area contributed by atoms with Gasteiger partial charge in [0.1, 0.15) is 0 Å². The summed E-state index contributed by atoms with van der Waals surface area (Å²) in [6.07, 6.45) is 9.59. The van der Waals surface area contributed by atoms with Crippen molar-refractivity contribution < 1.29 is 9.84 Å². The third-order valence-electron chi connectivity index (χ3n) is 5.46. The summed E-state index contributed by atoms with van der Waals surface area (Å²) < 4.78 is 5.57. The van der Waals surface area contributed by atoms with Crippen LogP contribution in [0.15, 0.2) is 0 Å². The van der Waals surface area contributed by atoms with Crippen LogP contribution in [0.3, 0.4) is 0 Å². The Morgan fingerprint density at radius 2 is 1.56 bits per heavy atom. The summed E-state index contributed by atoms with van der Waals surface area (Å²) in [6.45, 7) is 4.61. The molecular weight excluding hydrogens is 224 g/mol. The van der Waals surface area contributed by atoms with E-state index in [-0.39, 0.29) is 12.2 Å². The highest BCUT2D eigenvalue weighted by Gasteiger charge is 2.51. The number of hydrogen-bond acceptors (Lipinski definition) is 2. The van der Waals surface area contributed by atoms with Crippen LogP contribution < -0.4 is 0 Å². The van der Waals surface area contributed by atoms with E-state index in [2.05, 4.69) is 0 Å². The van der Waals surface area contributed by atoms with E-state index in [0.29, 0.717) is 12.0 Å². The normalized spacial score (nSPS) is 43.7. The van der Waals surface area contributed by atoms with Crippen LogP contribution in [0.1, 0.15) is 58.8 Å². The fraction of sp³-hybridized carbons (Fsp3) is 1.00. The second-order valence-electron chi connectivity index (χ2n) is 7.66. The molecule has 1 N–H and O–H groups in total. The first-order valence-electron chi connectivity index (χ1n) is 7.84. The maximum absolute atomic E-state index is 10.2. The van der Waals surface area contributed by atoms with Crippen LogP contribution in [0, 0.1) is 23.2 Å². The zero-order chi connectivity index (χ0) is 12.8. The van der Waals surface area contributed by atoms with Crippen LogP contribution in [-0.2, 0) is 4.74 Å². The minimum absolute atomic E-state index is 0.232.